The molecule has 0 unspecified atom stereocenters. The Morgan fingerprint density at radius 1 is 1.21 bits per heavy atom. The number of hydrogen-bond acceptors (Lipinski definition) is 7. The minimum Gasteiger partial charge on any atom is -0.478 e. The summed E-state index contributed by atoms with van der Waals surface area (Å²) in [6.07, 6.45) is 0. The maximum absolute atomic E-state index is 11.6. The molecule has 0 atom stereocenters. The van der Waals surface area contributed by atoms with Crippen LogP contribution in [-0.2, 0) is 0 Å². The van der Waals surface area contributed by atoms with Crippen molar-refractivity contribution >= 4 is 28.8 Å². The highest BCUT2D eigenvalue weighted by atomic mass is 16.5. The molecule has 0 radical (unpaired) electrons. The van der Waals surface area contributed by atoms with Gasteiger partial charge in [0.1, 0.15) is 22.9 Å². The summed E-state index contributed by atoms with van der Waals surface area (Å²) in [6, 6.07) is 12.6. The van der Waals surface area contributed by atoms with Gasteiger partial charge in [-0.15, -0.1) is 0 Å². The summed E-state index contributed by atoms with van der Waals surface area (Å²) in [5.41, 5.74) is 12.1. The molecule has 0 aliphatic rings. The maximum Gasteiger partial charge on any atom is 0.507 e. The molecule has 0 aliphatic carbocycles. The molecule has 2 heterocycles. The van der Waals surface area contributed by atoms with Gasteiger partial charge in [-0.05, 0) is 37.3 Å². The van der Waals surface area contributed by atoms with E-state index < -0.39 is 5.97 Å². The van der Waals surface area contributed by atoms with Gasteiger partial charge in [-0.25, -0.2) is 9.79 Å². The number of guanidine groups is 1. The summed E-state index contributed by atoms with van der Waals surface area (Å²) < 4.78 is 11.7. The first-order valence-electron chi connectivity index (χ1n) is 9.45. The van der Waals surface area contributed by atoms with Crippen molar-refractivity contribution in [3.8, 4) is 29.5 Å². The van der Waals surface area contributed by atoms with E-state index in [-0.39, 0.29) is 40.4 Å². The van der Waals surface area contributed by atoms with Crippen molar-refractivity contribution in [2.45, 2.75) is 6.92 Å². The van der Waals surface area contributed by atoms with E-state index in [1.165, 1.54) is 18.2 Å². The number of nitrogens with one attached hydrogen (secondary N) is 2. The fraction of sp³-hybridized carbons (Fsp3) is 0.0476. The molecule has 4 rings (SSSR count). The molecule has 33 heavy (non-hydrogen) atoms. The Balaban J connectivity index is 1.77. The number of aromatic amines is 2. The molecular weight excluding hydrogens is 428 g/mol. The van der Waals surface area contributed by atoms with Gasteiger partial charge in [0.2, 0.25) is 0 Å². The highest BCUT2D eigenvalue weighted by Gasteiger charge is 2.24. The van der Waals surface area contributed by atoms with Crippen LogP contribution in [-0.4, -0.2) is 32.0 Å². The molecule has 0 saturated heterocycles. The third kappa shape index (κ3) is 4.62. The van der Waals surface area contributed by atoms with Crippen LogP contribution < -0.4 is 25.9 Å². The second-order valence-corrected chi connectivity index (χ2v) is 6.76. The van der Waals surface area contributed by atoms with Crippen LogP contribution in [0.1, 0.15) is 21.7 Å². The second-order valence-electron chi connectivity index (χ2n) is 6.76. The Morgan fingerprint density at radius 2 is 2.03 bits per heavy atom. The van der Waals surface area contributed by atoms with E-state index in [4.69, 9.17) is 20.9 Å². The second kappa shape index (κ2) is 8.52. The van der Waals surface area contributed by atoms with Crippen molar-refractivity contribution in [3.63, 3.8) is 0 Å². The van der Waals surface area contributed by atoms with E-state index in [0.29, 0.717) is 22.8 Å². The van der Waals surface area contributed by atoms with Crippen molar-refractivity contribution in [2.75, 3.05) is 0 Å². The standard InChI is InChI=1S/C21H16N8O4/c1-10-25-16-17(26-10)28-21(32-13-4-2-3-12(8-13)27-20(23)24)29-18(16)33-15-7-11(9-22)5-6-14(15)19(30)31/h2-8H,1H3,(H,30,31)(H4,23,24,27)(H,25,26,28,29)/p+1. The van der Waals surface area contributed by atoms with Gasteiger partial charge in [0.25, 0.3) is 0 Å². The lowest BCUT2D eigenvalue weighted by atomic mass is 10.1. The molecule has 2 aromatic carbocycles. The van der Waals surface area contributed by atoms with Crippen LogP contribution in [0.15, 0.2) is 47.5 Å². The highest BCUT2D eigenvalue weighted by Crippen LogP contribution is 2.30. The molecule has 164 valence electrons. The topological polar surface area (TPSA) is 200 Å². The number of aromatic carboxylic acids is 1. The van der Waals surface area contributed by atoms with E-state index in [9.17, 15) is 15.2 Å². The number of carboxylic acids is 1. The number of H-pyrrole nitrogens is 2. The number of aliphatic imine (C=N–C) groups is 1. The van der Waals surface area contributed by atoms with E-state index in [1.807, 2.05) is 6.07 Å². The lowest BCUT2D eigenvalue weighted by Gasteiger charge is -2.07. The summed E-state index contributed by atoms with van der Waals surface area (Å²) >= 11 is 0. The van der Waals surface area contributed by atoms with E-state index in [2.05, 4.69) is 24.9 Å². The third-order valence-electron chi connectivity index (χ3n) is 4.30. The first-order chi connectivity index (χ1) is 15.8. The number of benzene rings is 2. The molecule has 0 amide bonds. The number of nitrogens with two attached hydrogens (primary N) is 2. The molecular formula is C21H17N8O4+. The van der Waals surface area contributed by atoms with Crippen LogP contribution in [0.3, 0.4) is 0 Å². The van der Waals surface area contributed by atoms with Crippen molar-refractivity contribution in [1.29, 1.82) is 5.26 Å². The van der Waals surface area contributed by atoms with Gasteiger partial charge in [-0.3, -0.25) is 0 Å². The number of nitrogens with zero attached hydrogens (tertiary/aromatic N) is 4. The molecule has 0 spiro atoms. The zero-order valence-corrected chi connectivity index (χ0v) is 17.2. The van der Waals surface area contributed by atoms with Crippen LogP contribution in [0.2, 0.25) is 0 Å². The van der Waals surface area contributed by atoms with E-state index >= 15 is 0 Å². The van der Waals surface area contributed by atoms with Crippen molar-refractivity contribution in [3.05, 3.63) is 59.4 Å². The van der Waals surface area contributed by atoms with Gasteiger partial charge >= 0.3 is 23.5 Å². The molecule has 0 aliphatic heterocycles. The van der Waals surface area contributed by atoms with Crippen molar-refractivity contribution in [1.82, 2.24) is 15.0 Å². The molecule has 4 aromatic rings. The Labute approximate surface area is 186 Å². The smallest absolute Gasteiger partial charge is 0.478 e. The zero-order chi connectivity index (χ0) is 23.5. The Hall–Kier alpha value is -5.18. The van der Waals surface area contributed by atoms with Gasteiger partial charge in [0.15, 0.2) is 11.5 Å². The normalized spacial score (nSPS) is 10.4. The van der Waals surface area contributed by atoms with E-state index in [1.54, 1.807) is 31.2 Å². The molecule has 0 saturated carbocycles. The number of rotatable bonds is 6. The molecule has 0 bridgehead atoms. The number of nitriles is 1. The summed E-state index contributed by atoms with van der Waals surface area (Å²) in [5, 5.41) is 18.7. The monoisotopic (exact) mass is 445 g/mol. The van der Waals surface area contributed by atoms with Gasteiger partial charge in [0.05, 0.1) is 17.3 Å². The van der Waals surface area contributed by atoms with E-state index in [0.717, 1.165) is 0 Å². The van der Waals surface area contributed by atoms with Crippen molar-refractivity contribution in [2.24, 2.45) is 16.5 Å². The minimum absolute atomic E-state index is 0.0131. The largest absolute Gasteiger partial charge is 0.507 e. The van der Waals surface area contributed by atoms with Gasteiger partial charge < -0.3 is 31.0 Å². The van der Waals surface area contributed by atoms with Crippen LogP contribution in [0.5, 0.6) is 23.4 Å². The minimum atomic E-state index is -1.21. The first-order valence-corrected chi connectivity index (χ1v) is 9.45. The van der Waals surface area contributed by atoms with Crippen LogP contribution in [0.25, 0.3) is 11.2 Å². The number of aromatic nitrogens is 4. The molecule has 2 aromatic heterocycles. The number of hydrogen-bond donors (Lipinski definition) is 4. The average molecular weight is 445 g/mol. The van der Waals surface area contributed by atoms with Gasteiger partial charge in [-0.2, -0.15) is 15.2 Å². The summed E-state index contributed by atoms with van der Waals surface area (Å²) in [5.74, 6) is -0.349. The number of aryl methyl sites for hydroxylation is 1. The fourth-order valence-corrected chi connectivity index (χ4v) is 2.97. The molecule has 0 fully saturated rings. The van der Waals surface area contributed by atoms with Crippen LogP contribution in [0, 0.1) is 18.3 Å². The Morgan fingerprint density at radius 3 is 2.76 bits per heavy atom. The SMILES string of the molecule is Cc1nc2nc(Oc3cccc(N=C(N)N)c3)[nH+]c(Oc3cc(C#N)ccc3C(=O)O)c2[nH]1. The lowest BCUT2D eigenvalue weighted by molar-refractivity contribution is -0.405. The van der Waals surface area contributed by atoms with Crippen molar-refractivity contribution < 1.29 is 24.4 Å². The number of carbonyl (C=O) groups is 1. The van der Waals surface area contributed by atoms with Gasteiger partial charge in [-0.1, -0.05) is 6.07 Å². The number of imidazole rings is 1. The quantitative estimate of drug-likeness (QED) is 0.253. The summed E-state index contributed by atoms with van der Waals surface area (Å²) in [6.45, 7) is 1.73. The Kier molecular flexibility index (Phi) is 5.44. The molecule has 12 heteroatoms. The number of carboxylic acid groups (broad SMARTS) is 1. The Bertz CT molecular complexity index is 1450. The van der Waals surface area contributed by atoms with Crippen LogP contribution in [0.4, 0.5) is 5.69 Å². The van der Waals surface area contributed by atoms with Gasteiger partial charge in [0, 0.05) is 11.1 Å². The average Bonchev–Trinajstić information content (AvgIpc) is 3.13. The fourth-order valence-electron chi connectivity index (χ4n) is 2.97. The summed E-state index contributed by atoms with van der Waals surface area (Å²) in [7, 11) is 0. The molecule has 12 nitrogen and oxygen atoms in total. The third-order valence-corrected chi connectivity index (χ3v) is 4.30. The first kappa shape index (κ1) is 21.1. The zero-order valence-electron chi connectivity index (χ0n) is 17.2. The molecule has 7 N–H and O–H groups in total. The summed E-state index contributed by atoms with van der Waals surface area (Å²) in [4.78, 5) is 30.1. The number of fused-ring (bicyclic) bond motifs is 1. The van der Waals surface area contributed by atoms with Crippen LogP contribution >= 0.6 is 0 Å². The number of ether oxygens (including phenoxy) is 2. The maximum atomic E-state index is 11.6. The predicted octanol–water partition coefficient (Wildman–Crippen LogP) is 2.14. The lowest BCUT2D eigenvalue weighted by Crippen LogP contribution is -2.21. The highest BCUT2D eigenvalue weighted by molar-refractivity contribution is 5.91. The predicted molar refractivity (Wildman–Crippen MR) is 115 cm³/mol.